The number of amides is 1. The van der Waals surface area contributed by atoms with Crippen LogP contribution in [0.4, 0.5) is 5.69 Å². The predicted octanol–water partition coefficient (Wildman–Crippen LogP) is 6.11. The summed E-state index contributed by atoms with van der Waals surface area (Å²) in [7, 11) is -0.0397. The molecule has 0 aliphatic heterocycles. The number of hydrogen-bond acceptors (Lipinski definition) is 5. The standard InChI is InChI=1S/C29H44N2O5S/c1-8-10-11-15-25(24-17-16-23(35-6)19-26(24)36-7)27(29(3,4)5)28(32)31-22-14-12-13-21(18-22)20-30-37(33,34)9-2/h12-14,16-19,25,27,30H,8-11,15,20H2,1-7H3,(H,31,32). The second kappa shape index (κ2) is 13.8. The summed E-state index contributed by atoms with van der Waals surface area (Å²) in [6.07, 6.45) is 4.03. The number of methoxy groups -OCH3 is 2. The molecule has 1 amide bonds. The molecule has 0 heterocycles. The molecule has 2 aromatic rings. The summed E-state index contributed by atoms with van der Waals surface area (Å²) in [5.74, 6) is 0.970. The maximum atomic E-state index is 13.9. The molecule has 8 heteroatoms. The Morgan fingerprint density at radius 2 is 1.73 bits per heavy atom. The van der Waals surface area contributed by atoms with Gasteiger partial charge in [-0.2, -0.15) is 0 Å². The second-order valence-corrected chi connectivity index (χ2v) is 12.6. The smallest absolute Gasteiger partial charge is 0.228 e. The lowest BCUT2D eigenvalue weighted by atomic mass is 9.68. The molecule has 7 nitrogen and oxygen atoms in total. The third-order valence-corrected chi connectivity index (χ3v) is 7.99. The molecule has 37 heavy (non-hydrogen) atoms. The van der Waals surface area contributed by atoms with E-state index in [0.29, 0.717) is 17.2 Å². The number of carbonyl (C=O) groups excluding carboxylic acids is 1. The maximum absolute atomic E-state index is 13.9. The van der Waals surface area contributed by atoms with Crippen molar-refractivity contribution >= 4 is 21.6 Å². The van der Waals surface area contributed by atoms with Crippen LogP contribution in [0.15, 0.2) is 42.5 Å². The van der Waals surface area contributed by atoms with E-state index in [9.17, 15) is 13.2 Å². The lowest BCUT2D eigenvalue weighted by Gasteiger charge is -2.37. The Hall–Kier alpha value is -2.58. The van der Waals surface area contributed by atoms with Crippen molar-refractivity contribution in [2.75, 3.05) is 25.3 Å². The number of rotatable bonds is 14. The Balaban J connectivity index is 2.41. The SMILES string of the molecule is CCCCCC(c1ccc(OC)cc1OC)C(C(=O)Nc1cccc(CNS(=O)(=O)CC)c1)C(C)(C)C. The number of anilines is 1. The monoisotopic (exact) mass is 532 g/mol. The lowest BCUT2D eigenvalue weighted by Crippen LogP contribution is -2.38. The van der Waals surface area contributed by atoms with Gasteiger partial charge in [-0.3, -0.25) is 4.79 Å². The molecule has 0 aromatic heterocycles. The van der Waals surface area contributed by atoms with E-state index in [0.717, 1.165) is 36.8 Å². The van der Waals surface area contributed by atoms with Gasteiger partial charge in [-0.05, 0) is 54.0 Å². The minimum absolute atomic E-state index is 0.0188. The van der Waals surface area contributed by atoms with Gasteiger partial charge in [0.1, 0.15) is 11.5 Å². The van der Waals surface area contributed by atoms with Crippen molar-refractivity contribution in [1.82, 2.24) is 4.72 Å². The average molecular weight is 533 g/mol. The average Bonchev–Trinajstić information content (AvgIpc) is 2.86. The van der Waals surface area contributed by atoms with E-state index in [-0.39, 0.29) is 35.5 Å². The first-order chi connectivity index (χ1) is 17.5. The highest BCUT2D eigenvalue weighted by Crippen LogP contribution is 2.45. The fourth-order valence-corrected chi connectivity index (χ4v) is 5.29. The number of benzene rings is 2. The van der Waals surface area contributed by atoms with Crippen molar-refractivity contribution in [3.8, 4) is 11.5 Å². The molecular formula is C29H44N2O5S. The number of sulfonamides is 1. The largest absolute Gasteiger partial charge is 0.497 e. The lowest BCUT2D eigenvalue weighted by molar-refractivity contribution is -0.124. The molecule has 0 spiro atoms. The van der Waals surface area contributed by atoms with Crippen molar-refractivity contribution in [2.24, 2.45) is 11.3 Å². The minimum atomic E-state index is -3.31. The molecule has 2 rings (SSSR count). The van der Waals surface area contributed by atoms with Crippen LogP contribution in [0.1, 0.15) is 77.3 Å². The molecule has 0 fully saturated rings. The molecule has 206 valence electrons. The van der Waals surface area contributed by atoms with E-state index in [1.807, 2.05) is 42.5 Å². The first-order valence-electron chi connectivity index (χ1n) is 13.0. The summed E-state index contributed by atoms with van der Waals surface area (Å²) in [6, 6.07) is 13.1. The number of ether oxygens (including phenoxy) is 2. The van der Waals surface area contributed by atoms with E-state index in [4.69, 9.17) is 9.47 Å². The summed E-state index contributed by atoms with van der Waals surface area (Å²) in [4.78, 5) is 13.9. The van der Waals surface area contributed by atoms with Gasteiger partial charge in [0.25, 0.3) is 0 Å². The molecule has 0 saturated carbocycles. The van der Waals surface area contributed by atoms with Crippen molar-refractivity contribution in [2.45, 2.75) is 72.8 Å². The molecule has 2 unspecified atom stereocenters. The first-order valence-corrected chi connectivity index (χ1v) is 14.7. The van der Waals surface area contributed by atoms with Gasteiger partial charge in [0.2, 0.25) is 15.9 Å². The van der Waals surface area contributed by atoms with E-state index >= 15 is 0 Å². The van der Waals surface area contributed by atoms with Gasteiger partial charge in [-0.1, -0.05) is 65.2 Å². The number of nitrogens with one attached hydrogen (secondary N) is 2. The van der Waals surface area contributed by atoms with E-state index in [2.05, 4.69) is 37.7 Å². The van der Waals surface area contributed by atoms with Crippen LogP contribution in [0.3, 0.4) is 0 Å². The Morgan fingerprint density at radius 1 is 1.00 bits per heavy atom. The van der Waals surface area contributed by atoms with Gasteiger partial charge in [-0.15, -0.1) is 0 Å². The highest BCUT2D eigenvalue weighted by molar-refractivity contribution is 7.89. The Labute approximate surface area is 223 Å². The quantitative estimate of drug-likeness (QED) is 0.286. The summed E-state index contributed by atoms with van der Waals surface area (Å²) in [6.45, 7) is 10.2. The fraction of sp³-hybridized carbons (Fsp3) is 0.552. The van der Waals surface area contributed by atoms with E-state index in [1.54, 1.807) is 21.1 Å². The normalized spacial score (nSPS) is 13.6. The predicted molar refractivity (Wildman–Crippen MR) is 151 cm³/mol. The van der Waals surface area contributed by atoms with Gasteiger partial charge in [-0.25, -0.2) is 13.1 Å². The third kappa shape index (κ3) is 9.04. The Morgan fingerprint density at radius 3 is 2.32 bits per heavy atom. The summed E-state index contributed by atoms with van der Waals surface area (Å²) >= 11 is 0. The van der Waals surface area contributed by atoms with Gasteiger partial charge >= 0.3 is 0 Å². The van der Waals surface area contributed by atoms with Crippen LogP contribution in [-0.4, -0.2) is 34.3 Å². The van der Waals surface area contributed by atoms with Gasteiger partial charge in [0, 0.05) is 18.3 Å². The van der Waals surface area contributed by atoms with Crippen molar-refractivity contribution in [1.29, 1.82) is 0 Å². The molecular weight excluding hydrogens is 488 g/mol. The van der Waals surface area contributed by atoms with Gasteiger partial charge in [0.05, 0.1) is 25.9 Å². The molecule has 2 aromatic carbocycles. The number of unbranched alkanes of at least 4 members (excludes halogenated alkanes) is 2. The van der Waals surface area contributed by atoms with Crippen molar-refractivity contribution in [3.05, 3.63) is 53.6 Å². The first kappa shape index (κ1) is 30.6. The Kier molecular flexibility index (Phi) is 11.4. The van der Waals surface area contributed by atoms with Crippen LogP contribution in [0, 0.1) is 11.3 Å². The van der Waals surface area contributed by atoms with Crippen LogP contribution >= 0.6 is 0 Å². The van der Waals surface area contributed by atoms with Crippen molar-refractivity contribution in [3.63, 3.8) is 0 Å². The zero-order valence-electron chi connectivity index (χ0n) is 23.4. The molecule has 0 saturated heterocycles. The van der Waals surface area contributed by atoms with Crippen LogP contribution in [0.2, 0.25) is 0 Å². The topological polar surface area (TPSA) is 93.7 Å². The number of carbonyl (C=O) groups is 1. The molecule has 2 atom stereocenters. The zero-order valence-corrected chi connectivity index (χ0v) is 24.2. The Bertz CT molecular complexity index is 1130. The third-order valence-electron chi connectivity index (χ3n) is 6.65. The van der Waals surface area contributed by atoms with Crippen LogP contribution in [0.5, 0.6) is 11.5 Å². The van der Waals surface area contributed by atoms with E-state index in [1.165, 1.54) is 0 Å². The zero-order chi connectivity index (χ0) is 27.6. The fourth-order valence-electron chi connectivity index (χ4n) is 4.69. The molecule has 0 radical (unpaired) electrons. The summed E-state index contributed by atoms with van der Waals surface area (Å²) < 4.78 is 37.4. The number of hydrogen-bond donors (Lipinski definition) is 2. The second-order valence-electron chi connectivity index (χ2n) is 10.5. The highest BCUT2D eigenvalue weighted by Gasteiger charge is 2.39. The van der Waals surface area contributed by atoms with Crippen molar-refractivity contribution < 1.29 is 22.7 Å². The van der Waals surface area contributed by atoms with Gasteiger partial charge in [0.15, 0.2) is 0 Å². The van der Waals surface area contributed by atoms with Crippen LogP contribution in [0.25, 0.3) is 0 Å². The summed E-state index contributed by atoms with van der Waals surface area (Å²) in [5, 5.41) is 3.12. The highest BCUT2D eigenvalue weighted by atomic mass is 32.2. The van der Waals surface area contributed by atoms with Gasteiger partial charge < -0.3 is 14.8 Å². The summed E-state index contributed by atoms with van der Waals surface area (Å²) in [5.41, 5.74) is 2.08. The maximum Gasteiger partial charge on any atom is 0.228 e. The molecule has 0 aliphatic rings. The minimum Gasteiger partial charge on any atom is -0.497 e. The molecule has 0 aliphatic carbocycles. The van der Waals surface area contributed by atoms with Crippen LogP contribution < -0.4 is 19.5 Å². The van der Waals surface area contributed by atoms with E-state index < -0.39 is 10.0 Å². The van der Waals surface area contributed by atoms with Crippen LogP contribution in [-0.2, 0) is 21.4 Å². The molecule has 2 N–H and O–H groups in total. The molecule has 0 bridgehead atoms.